The molecule has 1 heterocycles. The average Bonchev–Trinajstić information content (AvgIpc) is 2.89. The lowest BCUT2D eigenvalue weighted by atomic mass is 9.52. The van der Waals surface area contributed by atoms with Crippen molar-refractivity contribution in [2.45, 2.75) is 102 Å². The lowest BCUT2D eigenvalue weighted by Gasteiger charge is -2.63. The number of benzene rings is 1. The van der Waals surface area contributed by atoms with Crippen LogP contribution in [-0.4, -0.2) is 91.9 Å². The SMILES string of the molecule is CC(=O)O[C@@]12CO[C@@H]1C[C@H](O)[C@@]1(C)C(O)[C@H](O)C3=C(C)[C@@H](O)C[C@@](O)([C@@H](OC(=O)c4ccccc4)C[C@H]21)C3(C)C. The molecule has 2 saturated carbocycles. The summed E-state index contributed by atoms with van der Waals surface area (Å²) in [7, 11) is 0. The quantitative estimate of drug-likeness (QED) is 0.269. The second-order valence-electron chi connectivity index (χ2n) is 12.8. The van der Waals surface area contributed by atoms with Crippen molar-refractivity contribution in [3.8, 4) is 0 Å². The third-order valence-corrected chi connectivity index (χ3v) is 10.5. The van der Waals surface area contributed by atoms with Crippen molar-refractivity contribution in [1.29, 1.82) is 0 Å². The number of fused-ring (bicyclic) bond motifs is 5. The summed E-state index contributed by atoms with van der Waals surface area (Å²) in [5, 5.41) is 58.8. The van der Waals surface area contributed by atoms with Crippen LogP contribution in [0.1, 0.15) is 64.2 Å². The monoisotopic (exact) mass is 560 g/mol. The predicted molar refractivity (Wildman–Crippen MR) is 141 cm³/mol. The fourth-order valence-corrected chi connectivity index (χ4v) is 8.03. The zero-order valence-electron chi connectivity index (χ0n) is 23.5. The number of ether oxygens (including phenoxy) is 3. The Kier molecular flexibility index (Phi) is 7.00. The number of aliphatic hydroxyl groups is 5. The Morgan fingerprint density at radius 3 is 2.25 bits per heavy atom. The van der Waals surface area contributed by atoms with Gasteiger partial charge >= 0.3 is 11.9 Å². The first-order chi connectivity index (χ1) is 18.6. The third kappa shape index (κ3) is 3.91. The summed E-state index contributed by atoms with van der Waals surface area (Å²) < 4.78 is 17.7. The van der Waals surface area contributed by atoms with E-state index in [1.54, 1.807) is 58.0 Å². The summed E-state index contributed by atoms with van der Waals surface area (Å²) in [6.07, 6.45) is -7.93. The lowest BCUT2D eigenvalue weighted by molar-refractivity contribution is -0.338. The maximum Gasteiger partial charge on any atom is 0.338 e. The van der Waals surface area contributed by atoms with Crippen molar-refractivity contribution in [1.82, 2.24) is 0 Å². The van der Waals surface area contributed by atoms with Gasteiger partial charge in [0.05, 0.1) is 30.5 Å². The Labute approximate surface area is 233 Å². The molecule has 10 atom stereocenters. The summed E-state index contributed by atoms with van der Waals surface area (Å²) in [4.78, 5) is 25.8. The van der Waals surface area contributed by atoms with Gasteiger partial charge in [-0.05, 0) is 36.6 Å². The van der Waals surface area contributed by atoms with Gasteiger partial charge in [0, 0.05) is 36.5 Å². The zero-order valence-corrected chi connectivity index (χ0v) is 23.5. The van der Waals surface area contributed by atoms with Gasteiger partial charge in [0.15, 0.2) is 5.60 Å². The normalized spacial score (nSPS) is 44.1. The zero-order chi connectivity index (χ0) is 29.4. The fourth-order valence-electron chi connectivity index (χ4n) is 8.03. The highest BCUT2D eigenvalue weighted by atomic mass is 16.6. The van der Waals surface area contributed by atoms with Crippen molar-refractivity contribution in [2.24, 2.45) is 16.7 Å². The first-order valence-corrected chi connectivity index (χ1v) is 13.8. The van der Waals surface area contributed by atoms with Crippen molar-refractivity contribution in [3.05, 3.63) is 47.0 Å². The van der Waals surface area contributed by atoms with Crippen LogP contribution in [0.15, 0.2) is 41.5 Å². The second-order valence-corrected chi connectivity index (χ2v) is 12.8. The number of aliphatic hydroxyl groups excluding tert-OH is 4. The molecule has 5 rings (SSSR count). The Hall–Kier alpha value is -2.34. The van der Waals surface area contributed by atoms with E-state index in [1.165, 1.54) is 6.92 Å². The molecule has 40 heavy (non-hydrogen) atoms. The van der Waals surface area contributed by atoms with E-state index >= 15 is 0 Å². The molecular formula is C30H40O10. The summed E-state index contributed by atoms with van der Waals surface area (Å²) >= 11 is 0. The van der Waals surface area contributed by atoms with E-state index in [4.69, 9.17) is 14.2 Å². The van der Waals surface area contributed by atoms with Gasteiger partial charge in [0.2, 0.25) is 0 Å². The molecule has 220 valence electrons. The van der Waals surface area contributed by atoms with E-state index in [9.17, 15) is 35.1 Å². The van der Waals surface area contributed by atoms with Crippen molar-refractivity contribution in [3.63, 3.8) is 0 Å². The highest BCUT2D eigenvalue weighted by molar-refractivity contribution is 5.89. The average molecular weight is 561 g/mol. The Morgan fingerprint density at radius 1 is 1.02 bits per heavy atom. The van der Waals surface area contributed by atoms with Crippen LogP contribution in [0.25, 0.3) is 0 Å². The lowest BCUT2D eigenvalue weighted by Crippen LogP contribution is -2.76. The molecule has 3 aliphatic carbocycles. The van der Waals surface area contributed by atoms with Crippen molar-refractivity contribution in [2.75, 3.05) is 6.61 Å². The summed E-state index contributed by atoms with van der Waals surface area (Å²) in [6, 6.07) is 8.27. The van der Waals surface area contributed by atoms with E-state index in [0.717, 1.165) is 0 Å². The minimum atomic E-state index is -1.92. The predicted octanol–water partition coefficient (Wildman–Crippen LogP) is 1.26. The van der Waals surface area contributed by atoms with Gasteiger partial charge in [-0.25, -0.2) is 4.79 Å². The molecule has 1 aliphatic heterocycles. The maximum absolute atomic E-state index is 13.4. The van der Waals surface area contributed by atoms with Crippen LogP contribution in [0, 0.1) is 16.7 Å². The molecule has 1 unspecified atom stereocenters. The molecule has 5 N–H and O–H groups in total. The minimum Gasteiger partial charge on any atom is -0.456 e. The minimum absolute atomic E-state index is 0.0292. The number of carbonyl (C=O) groups excluding carboxylic acids is 2. The molecule has 10 nitrogen and oxygen atoms in total. The van der Waals surface area contributed by atoms with Crippen LogP contribution in [0.3, 0.4) is 0 Å². The highest BCUT2D eigenvalue weighted by Gasteiger charge is 2.73. The van der Waals surface area contributed by atoms with Crippen LogP contribution < -0.4 is 0 Å². The van der Waals surface area contributed by atoms with Crippen LogP contribution in [0.2, 0.25) is 0 Å². The molecule has 1 aromatic rings. The standard InChI is InChI=1S/C30H40O10/c1-15-18(32)13-30(37)22(39-26(36)17-9-7-6-8-10-17)11-19-28(5,25(35)24(34)23(15)27(30,3)4)20(33)12-21-29(19,14-38-21)40-16(2)31/h6-10,18-22,24-25,32-35,37H,11-14H2,1-5H3/t18-,19-,20-,21+,22-,24+,25?,28-,29+,30+/m0/s1. The number of hydrogen-bond acceptors (Lipinski definition) is 10. The van der Waals surface area contributed by atoms with Crippen molar-refractivity contribution < 1.29 is 49.3 Å². The number of esters is 2. The van der Waals surface area contributed by atoms with Gasteiger partial charge in [-0.15, -0.1) is 0 Å². The summed E-state index contributed by atoms with van der Waals surface area (Å²) in [6.45, 7) is 7.84. The van der Waals surface area contributed by atoms with E-state index in [2.05, 4.69) is 0 Å². The van der Waals surface area contributed by atoms with Gasteiger partial charge in [-0.1, -0.05) is 39.0 Å². The van der Waals surface area contributed by atoms with E-state index in [-0.39, 0.29) is 37.0 Å². The van der Waals surface area contributed by atoms with E-state index in [0.29, 0.717) is 5.57 Å². The Morgan fingerprint density at radius 2 is 1.68 bits per heavy atom. The molecule has 4 aliphatic rings. The molecule has 10 heteroatoms. The summed E-state index contributed by atoms with van der Waals surface area (Å²) in [5.41, 5.74) is -5.16. The molecule has 1 aromatic carbocycles. The second kappa shape index (κ2) is 9.61. The Balaban J connectivity index is 1.74. The first kappa shape index (κ1) is 29.2. The topological polar surface area (TPSA) is 163 Å². The first-order valence-electron chi connectivity index (χ1n) is 13.8. The van der Waals surface area contributed by atoms with Crippen LogP contribution >= 0.6 is 0 Å². The molecular weight excluding hydrogens is 520 g/mol. The van der Waals surface area contributed by atoms with Gasteiger partial charge in [0.25, 0.3) is 0 Å². The molecule has 0 aromatic heterocycles. The van der Waals surface area contributed by atoms with E-state index in [1.807, 2.05) is 0 Å². The molecule has 3 fully saturated rings. The van der Waals surface area contributed by atoms with Gasteiger partial charge < -0.3 is 39.7 Å². The molecule has 0 radical (unpaired) electrons. The highest BCUT2D eigenvalue weighted by Crippen LogP contribution is 2.62. The number of hydrogen-bond donors (Lipinski definition) is 5. The van der Waals surface area contributed by atoms with Crippen molar-refractivity contribution >= 4 is 11.9 Å². The van der Waals surface area contributed by atoms with Crippen LogP contribution in [0.5, 0.6) is 0 Å². The van der Waals surface area contributed by atoms with Gasteiger partial charge in [0.1, 0.15) is 23.9 Å². The third-order valence-electron chi connectivity index (χ3n) is 10.5. The van der Waals surface area contributed by atoms with E-state index < -0.39 is 76.5 Å². The van der Waals surface area contributed by atoms with Gasteiger partial charge in [-0.2, -0.15) is 0 Å². The molecule has 0 amide bonds. The molecule has 1 saturated heterocycles. The molecule has 2 bridgehead atoms. The van der Waals surface area contributed by atoms with Gasteiger partial charge in [-0.3, -0.25) is 4.79 Å². The maximum atomic E-state index is 13.4. The fraction of sp³-hybridized carbons (Fsp3) is 0.667. The number of carbonyl (C=O) groups is 2. The van der Waals surface area contributed by atoms with Crippen LogP contribution in [0.4, 0.5) is 0 Å². The molecule has 0 spiro atoms. The largest absolute Gasteiger partial charge is 0.456 e. The number of rotatable bonds is 3. The van der Waals surface area contributed by atoms with Crippen LogP contribution in [-0.2, 0) is 19.0 Å². The smallest absolute Gasteiger partial charge is 0.338 e. The Bertz CT molecular complexity index is 1210. The summed E-state index contributed by atoms with van der Waals surface area (Å²) in [5.74, 6) is -2.22.